The molecule has 0 spiro atoms. The Kier molecular flexibility index (Phi) is 3.24. The lowest BCUT2D eigenvalue weighted by Gasteiger charge is -2.32. The summed E-state index contributed by atoms with van der Waals surface area (Å²) in [7, 11) is 0. The van der Waals surface area contributed by atoms with Crippen LogP contribution in [0, 0.1) is 0 Å². The highest BCUT2D eigenvalue weighted by Crippen LogP contribution is 2.10. The van der Waals surface area contributed by atoms with Crippen LogP contribution < -0.4 is 15.8 Å². The molecule has 2 heterocycles. The summed E-state index contributed by atoms with van der Waals surface area (Å²) >= 11 is 0. The Balaban J connectivity index is 2.25. The summed E-state index contributed by atoms with van der Waals surface area (Å²) < 4.78 is 0. The Labute approximate surface area is 94.9 Å². The van der Waals surface area contributed by atoms with Crippen LogP contribution in [0.2, 0.25) is 0 Å². The average molecular weight is 222 g/mol. The maximum absolute atomic E-state index is 11.5. The molecule has 88 valence electrons. The fraction of sp³-hybridized carbons (Fsp3) is 0.636. The highest BCUT2D eigenvalue weighted by Gasteiger charge is 2.17. The van der Waals surface area contributed by atoms with Gasteiger partial charge in [0, 0.05) is 38.2 Å². The number of rotatable bonds is 2. The smallest absolute Gasteiger partial charge is 0.252 e. The van der Waals surface area contributed by atoms with Gasteiger partial charge in [-0.2, -0.15) is 0 Å². The van der Waals surface area contributed by atoms with Gasteiger partial charge in [0.05, 0.1) is 0 Å². The molecule has 16 heavy (non-hydrogen) atoms. The van der Waals surface area contributed by atoms with Gasteiger partial charge in [-0.15, -0.1) is 0 Å². The zero-order chi connectivity index (χ0) is 11.5. The lowest BCUT2D eigenvalue weighted by atomic mass is 10.2. The normalized spacial score (nSPS) is 21.1. The van der Waals surface area contributed by atoms with Gasteiger partial charge in [-0.05, 0) is 6.92 Å². The van der Waals surface area contributed by atoms with Gasteiger partial charge in [-0.1, -0.05) is 6.92 Å². The molecule has 1 saturated heterocycles. The first-order chi connectivity index (χ1) is 7.69. The number of aromatic nitrogens is 2. The quantitative estimate of drug-likeness (QED) is 0.746. The zero-order valence-corrected chi connectivity index (χ0v) is 9.79. The Morgan fingerprint density at radius 3 is 3.12 bits per heavy atom. The van der Waals surface area contributed by atoms with E-state index in [1.165, 1.54) is 0 Å². The van der Waals surface area contributed by atoms with Crippen molar-refractivity contribution in [2.24, 2.45) is 0 Å². The molecule has 0 saturated carbocycles. The number of nitrogens with zero attached hydrogens (tertiary/aromatic N) is 2. The maximum Gasteiger partial charge on any atom is 0.252 e. The second-order valence-corrected chi connectivity index (χ2v) is 4.21. The number of aromatic amines is 1. The molecule has 1 fully saturated rings. The third-order valence-electron chi connectivity index (χ3n) is 2.80. The minimum atomic E-state index is -0.0620. The fourth-order valence-electron chi connectivity index (χ4n) is 1.96. The van der Waals surface area contributed by atoms with Crippen molar-refractivity contribution in [3.05, 3.63) is 22.2 Å². The number of anilines is 1. The van der Waals surface area contributed by atoms with Crippen molar-refractivity contribution < 1.29 is 0 Å². The SMILES string of the molecule is CCc1nc(N2CCNC(C)C2)cc(=O)[nH]1. The van der Waals surface area contributed by atoms with Crippen LogP contribution in [0.15, 0.2) is 10.9 Å². The number of hydrogen-bond acceptors (Lipinski definition) is 4. The second-order valence-electron chi connectivity index (χ2n) is 4.21. The Hall–Kier alpha value is -1.36. The molecule has 2 rings (SSSR count). The molecule has 5 nitrogen and oxygen atoms in total. The predicted molar refractivity (Wildman–Crippen MR) is 63.9 cm³/mol. The van der Waals surface area contributed by atoms with Crippen LogP contribution in [0.5, 0.6) is 0 Å². The van der Waals surface area contributed by atoms with E-state index in [0.717, 1.165) is 37.7 Å². The summed E-state index contributed by atoms with van der Waals surface area (Å²) in [6.45, 7) is 6.88. The van der Waals surface area contributed by atoms with E-state index in [-0.39, 0.29) is 5.56 Å². The van der Waals surface area contributed by atoms with Crippen LogP contribution >= 0.6 is 0 Å². The molecule has 5 heteroatoms. The van der Waals surface area contributed by atoms with Gasteiger partial charge in [-0.25, -0.2) is 4.98 Å². The van der Waals surface area contributed by atoms with E-state index in [1.54, 1.807) is 6.07 Å². The van der Waals surface area contributed by atoms with Gasteiger partial charge in [0.25, 0.3) is 5.56 Å². The summed E-state index contributed by atoms with van der Waals surface area (Å²) in [5.74, 6) is 1.56. The Morgan fingerprint density at radius 2 is 2.44 bits per heavy atom. The van der Waals surface area contributed by atoms with Crippen molar-refractivity contribution in [1.82, 2.24) is 15.3 Å². The summed E-state index contributed by atoms with van der Waals surface area (Å²) in [6, 6.07) is 2.02. The standard InChI is InChI=1S/C11H18N4O/c1-3-9-13-10(6-11(16)14-9)15-5-4-12-8(2)7-15/h6,8,12H,3-5,7H2,1-2H3,(H,13,14,16). The van der Waals surface area contributed by atoms with Crippen LogP contribution in [0.3, 0.4) is 0 Å². The largest absolute Gasteiger partial charge is 0.354 e. The molecular weight excluding hydrogens is 204 g/mol. The molecule has 1 atom stereocenters. The van der Waals surface area contributed by atoms with Gasteiger partial charge in [0.2, 0.25) is 0 Å². The van der Waals surface area contributed by atoms with Crippen LogP contribution in [0.1, 0.15) is 19.7 Å². The number of piperazine rings is 1. The van der Waals surface area contributed by atoms with E-state index in [0.29, 0.717) is 6.04 Å². The average Bonchev–Trinajstić information content (AvgIpc) is 2.28. The van der Waals surface area contributed by atoms with Crippen LogP contribution in [0.4, 0.5) is 5.82 Å². The first-order valence-corrected chi connectivity index (χ1v) is 5.77. The molecule has 2 N–H and O–H groups in total. The first kappa shape index (κ1) is 11.1. The molecule has 0 bridgehead atoms. The van der Waals surface area contributed by atoms with E-state index in [2.05, 4.69) is 27.1 Å². The van der Waals surface area contributed by atoms with Crippen molar-refractivity contribution >= 4 is 5.82 Å². The van der Waals surface area contributed by atoms with Gasteiger partial charge < -0.3 is 15.2 Å². The third kappa shape index (κ3) is 2.41. The minimum Gasteiger partial charge on any atom is -0.354 e. The van der Waals surface area contributed by atoms with E-state index < -0.39 is 0 Å². The maximum atomic E-state index is 11.5. The number of hydrogen-bond donors (Lipinski definition) is 2. The lowest BCUT2D eigenvalue weighted by molar-refractivity contribution is 0.481. The molecule has 1 aromatic rings. The summed E-state index contributed by atoms with van der Waals surface area (Å²) in [5.41, 5.74) is -0.0620. The fourth-order valence-corrected chi connectivity index (χ4v) is 1.96. The minimum absolute atomic E-state index is 0.0620. The molecule has 0 amide bonds. The van der Waals surface area contributed by atoms with Crippen LogP contribution in [-0.4, -0.2) is 35.6 Å². The van der Waals surface area contributed by atoms with E-state index in [9.17, 15) is 4.79 Å². The topological polar surface area (TPSA) is 61.0 Å². The highest BCUT2D eigenvalue weighted by molar-refractivity contribution is 5.38. The summed E-state index contributed by atoms with van der Waals surface area (Å²) in [5, 5.41) is 3.37. The molecule has 0 aromatic carbocycles. The second kappa shape index (κ2) is 4.65. The van der Waals surface area contributed by atoms with Crippen molar-refractivity contribution in [1.29, 1.82) is 0 Å². The summed E-state index contributed by atoms with van der Waals surface area (Å²) in [6.07, 6.45) is 0.755. The van der Waals surface area contributed by atoms with Crippen molar-refractivity contribution in [3.63, 3.8) is 0 Å². The van der Waals surface area contributed by atoms with Crippen LogP contribution in [-0.2, 0) is 6.42 Å². The van der Waals surface area contributed by atoms with Gasteiger partial charge >= 0.3 is 0 Å². The molecular formula is C11H18N4O. The van der Waals surface area contributed by atoms with Crippen molar-refractivity contribution in [3.8, 4) is 0 Å². The molecule has 1 aliphatic rings. The Bertz CT molecular complexity index is 415. The number of nitrogens with one attached hydrogen (secondary N) is 2. The van der Waals surface area contributed by atoms with Crippen LogP contribution in [0.25, 0.3) is 0 Å². The van der Waals surface area contributed by atoms with E-state index >= 15 is 0 Å². The van der Waals surface area contributed by atoms with Gasteiger partial charge in [0.15, 0.2) is 0 Å². The van der Waals surface area contributed by atoms with Crippen molar-refractivity contribution in [2.45, 2.75) is 26.3 Å². The zero-order valence-electron chi connectivity index (χ0n) is 9.79. The Morgan fingerprint density at radius 1 is 1.62 bits per heavy atom. The molecule has 0 aliphatic carbocycles. The van der Waals surface area contributed by atoms with E-state index in [4.69, 9.17) is 0 Å². The van der Waals surface area contributed by atoms with Crippen molar-refractivity contribution in [2.75, 3.05) is 24.5 Å². The highest BCUT2D eigenvalue weighted by atomic mass is 16.1. The number of aryl methyl sites for hydroxylation is 1. The molecule has 1 aromatic heterocycles. The lowest BCUT2D eigenvalue weighted by Crippen LogP contribution is -2.49. The monoisotopic (exact) mass is 222 g/mol. The van der Waals surface area contributed by atoms with E-state index in [1.807, 2.05) is 6.92 Å². The molecule has 1 aliphatic heterocycles. The third-order valence-corrected chi connectivity index (χ3v) is 2.80. The van der Waals surface area contributed by atoms with Gasteiger partial charge in [0.1, 0.15) is 11.6 Å². The van der Waals surface area contributed by atoms with Gasteiger partial charge in [-0.3, -0.25) is 4.79 Å². The molecule has 1 unspecified atom stereocenters. The molecule has 0 radical (unpaired) electrons. The first-order valence-electron chi connectivity index (χ1n) is 5.77. The number of H-pyrrole nitrogens is 1. The predicted octanol–water partition coefficient (Wildman–Crippen LogP) is 0.130. The summed E-state index contributed by atoms with van der Waals surface area (Å²) in [4.78, 5) is 20.8.